The van der Waals surface area contributed by atoms with Gasteiger partial charge in [-0.15, -0.1) is 0 Å². The van der Waals surface area contributed by atoms with E-state index in [4.69, 9.17) is 0 Å². The number of anilines is 2. The van der Waals surface area contributed by atoms with E-state index in [-0.39, 0.29) is 23.3 Å². The topological polar surface area (TPSA) is 96.4 Å². The Labute approximate surface area is 138 Å². The molecule has 7 nitrogen and oxygen atoms in total. The van der Waals surface area contributed by atoms with E-state index < -0.39 is 19.9 Å². The van der Waals surface area contributed by atoms with E-state index in [0.29, 0.717) is 24.3 Å². The maximum Gasteiger partial charge on any atom is 0.232 e. The summed E-state index contributed by atoms with van der Waals surface area (Å²) in [6, 6.07) is 3.26. The van der Waals surface area contributed by atoms with E-state index in [0.717, 1.165) is 6.42 Å². The summed E-state index contributed by atoms with van der Waals surface area (Å²) in [5, 5.41) is 0. The molecule has 130 valence electrons. The molecule has 1 saturated heterocycles. The number of sulfonamides is 1. The van der Waals surface area contributed by atoms with Crippen LogP contribution in [-0.2, 0) is 19.9 Å². The molecule has 1 aromatic rings. The van der Waals surface area contributed by atoms with Gasteiger partial charge in [0, 0.05) is 13.1 Å². The van der Waals surface area contributed by atoms with Gasteiger partial charge in [0.05, 0.1) is 29.1 Å². The van der Waals surface area contributed by atoms with Crippen LogP contribution in [0.5, 0.6) is 0 Å². The maximum atomic E-state index is 11.8. The standard InChI is InChI=1S/C14H23N3O4S2/c1-3-4-8-23(20,21)16-12-5-6-14(15-10-12)17(2)13-7-9-22(18,19)11-13/h5-6,10,13,16H,3-4,7-9,11H2,1-2H3. The van der Waals surface area contributed by atoms with Gasteiger partial charge in [0.25, 0.3) is 0 Å². The second-order valence-electron chi connectivity index (χ2n) is 5.85. The molecule has 23 heavy (non-hydrogen) atoms. The fourth-order valence-corrected chi connectivity index (χ4v) is 5.51. The highest BCUT2D eigenvalue weighted by atomic mass is 32.2. The van der Waals surface area contributed by atoms with E-state index in [1.54, 1.807) is 19.2 Å². The van der Waals surface area contributed by atoms with Gasteiger partial charge in [0.15, 0.2) is 9.84 Å². The first-order valence-electron chi connectivity index (χ1n) is 7.62. The highest BCUT2D eigenvalue weighted by Gasteiger charge is 2.31. The van der Waals surface area contributed by atoms with Crippen LogP contribution in [0.15, 0.2) is 18.3 Å². The van der Waals surface area contributed by atoms with E-state index in [1.165, 1.54) is 6.20 Å². The van der Waals surface area contributed by atoms with Crippen molar-refractivity contribution in [1.82, 2.24) is 4.98 Å². The van der Waals surface area contributed by atoms with Gasteiger partial charge in [-0.05, 0) is 25.0 Å². The SMILES string of the molecule is CCCCS(=O)(=O)Nc1ccc(N(C)C2CCS(=O)(=O)C2)nc1. The second kappa shape index (κ2) is 7.04. The minimum atomic E-state index is -3.34. The van der Waals surface area contributed by atoms with Gasteiger partial charge >= 0.3 is 0 Å². The molecule has 1 fully saturated rings. The molecule has 1 aliphatic rings. The lowest BCUT2D eigenvalue weighted by Gasteiger charge is -2.24. The fourth-order valence-electron chi connectivity index (χ4n) is 2.49. The predicted molar refractivity (Wildman–Crippen MR) is 92.0 cm³/mol. The van der Waals surface area contributed by atoms with Crippen molar-refractivity contribution in [2.24, 2.45) is 0 Å². The predicted octanol–water partition coefficient (Wildman–Crippen LogP) is 1.25. The number of sulfone groups is 1. The third kappa shape index (κ3) is 5.07. The van der Waals surface area contributed by atoms with Gasteiger partial charge in [0.2, 0.25) is 10.0 Å². The Kier molecular flexibility index (Phi) is 5.51. The summed E-state index contributed by atoms with van der Waals surface area (Å²) in [6.07, 6.45) is 3.47. The molecule has 1 unspecified atom stereocenters. The van der Waals surface area contributed by atoms with Crippen LogP contribution >= 0.6 is 0 Å². The first-order chi connectivity index (χ1) is 10.7. The Bertz CT molecular complexity index is 730. The molecule has 0 bridgehead atoms. The summed E-state index contributed by atoms with van der Waals surface area (Å²) < 4.78 is 49.3. The molecule has 0 spiro atoms. The monoisotopic (exact) mass is 361 g/mol. The minimum absolute atomic E-state index is 0.0837. The van der Waals surface area contributed by atoms with Crippen molar-refractivity contribution < 1.29 is 16.8 Å². The van der Waals surface area contributed by atoms with Crippen LogP contribution in [0.1, 0.15) is 26.2 Å². The summed E-state index contributed by atoms with van der Waals surface area (Å²) in [5.74, 6) is 1.06. The van der Waals surface area contributed by atoms with Crippen LogP contribution in [0.3, 0.4) is 0 Å². The molecule has 0 aliphatic carbocycles. The molecule has 2 heterocycles. The summed E-state index contributed by atoms with van der Waals surface area (Å²) in [7, 11) is -4.49. The molecule has 0 amide bonds. The van der Waals surface area contributed by atoms with Crippen LogP contribution in [0.25, 0.3) is 0 Å². The number of rotatable bonds is 7. The highest BCUT2D eigenvalue weighted by Crippen LogP contribution is 2.22. The second-order valence-corrected chi connectivity index (χ2v) is 9.92. The van der Waals surface area contributed by atoms with E-state index in [9.17, 15) is 16.8 Å². The average Bonchev–Trinajstić information content (AvgIpc) is 2.85. The lowest BCUT2D eigenvalue weighted by molar-refractivity contribution is 0.597. The molecule has 0 aromatic carbocycles. The average molecular weight is 361 g/mol. The zero-order valence-electron chi connectivity index (χ0n) is 13.4. The van der Waals surface area contributed by atoms with Crippen molar-refractivity contribution in [3.05, 3.63) is 18.3 Å². The summed E-state index contributed by atoms with van der Waals surface area (Å²) in [5.41, 5.74) is 0.414. The number of nitrogens with one attached hydrogen (secondary N) is 1. The summed E-state index contributed by atoms with van der Waals surface area (Å²) in [4.78, 5) is 6.07. The van der Waals surface area contributed by atoms with Crippen LogP contribution in [-0.4, -0.2) is 52.2 Å². The molecule has 0 radical (unpaired) electrons. The van der Waals surface area contributed by atoms with Crippen molar-refractivity contribution in [3.8, 4) is 0 Å². The maximum absolute atomic E-state index is 11.8. The van der Waals surface area contributed by atoms with E-state index >= 15 is 0 Å². The van der Waals surface area contributed by atoms with Crippen LogP contribution in [0.4, 0.5) is 11.5 Å². The zero-order valence-corrected chi connectivity index (χ0v) is 15.0. The van der Waals surface area contributed by atoms with Gasteiger partial charge < -0.3 is 4.90 Å². The highest BCUT2D eigenvalue weighted by molar-refractivity contribution is 7.92. The molecule has 1 atom stereocenters. The number of aromatic nitrogens is 1. The van der Waals surface area contributed by atoms with Gasteiger partial charge in [-0.25, -0.2) is 21.8 Å². The Morgan fingerprint density at radius 1 is 1.39 bits per heavy atom. The van der Waals surface area contributed by atoms with E-state index in [1.807, 2.05) is 11.8 Å². The van der Waals surface area contributed by atoms with Crippen LogP contribution < -0.4 is 9.62 Å². The number of pyridine rings is 1. The first-order valence-corrected chi connectivity index (χ1v) is 11.1. The summed E-state index contributed by atoms with van der Waals surface area (Å²) >= 11 is 0. The van der Waals surface area contributed by atoms with Gasteiger partial charge in [0.1, 0.15) is 5.82 Å². The van der Waals surface area contributed by atoms with Crippen LogP contribution in [0.2, 0.25) is 0 Å². The molecular formula is C14H23N3O4S2. The Morgan fingerprint density at radius 2 is 2.13 bits per heavy atom. The van der Waals surface area contributed by atoms with Crippen molar-refractivity contribution in [2.45, 2.75) is 32.2 Å². The van der Waals surface area contributed by atoms with Crippen molar-refractivity contribution in [3.63, 3.8) is 0 Å². The molecule has 0 saturated carbocycles. The Balaban J connectivity index is 2.02. The quantitative estimate of drug-likeness (QED) is 0.785. The largest absolute Gasteiger partial charge is 0.356 e. The lowest BCUT2D eigenvalue weighted by atomic mass is 10.2. The minimum Gasteiger partial charge on any atom is -0.356 e. The number of unbranched alkanes of at least 4 members (excludes halogenated alkanes) is 1. The Hall–Kier alpha value is -1.35. The van der Waals surface area contributed by atoms with Crippen LogP contribution in [0, 0.1) is 0 Å². The van der Waals surface area contributed by atoms with Gasteiger partial charge in [-0.3, -0.25) is 4.72 Å². The number of nitrogens with zero attached hydrogens (tertiary/aromatic N) is 2. The Morgan fingerprint density at radius 3 is 2.65 bits per heavy atom. The number of hydrogen-bond donors (Lipinski definition) is 1. The van der Waals surface area contributed by atoms with Crippen molar-refractivity contribution >= 4 is 31.4 Å². The van der Waals surface area contributed by atoms with Crippen molar-refractivity contribution in [2.75, 3.05) is 33.9 Å². The van der Waals surface area contributed by atoms with Crippen molar-refractivity contribution in [1.29, 1.82) is 0 Å². The smallest absolute Gasteiger partial charge is 0.232 e. The third-order valence-corrected chi connectivity index (χ3v) is 7.03. The lowest BCUT2D eigenvalue weighted by Crippen LogP contribution is -2.33. The third-order valence-electron chi connectivity index (χ3n) is 3.91. The number of hydrogen-bond acceptors (Lipinski definition) is 6. The molecule has 1 aromatic heterocycles. The fraction of sp³-hybridized carbons (Fsp3) is 0.643. The molecule has 1 N–H and O–H groups in total. The molecule has 1 aliphatic heterocycles. The molecular weight excluding hydrogens is 338 g/mol. The first kappa shape index (κ1) is 18.0. The molecule has 2 rings (SSSR count). The zero-order chi connectivity index (χ0) is 17.1. The van der Waals surface area contributed by atoms with Gasteiger partial charge in [-0.1, -0.05) is 13.3 Å². The summed E-state index contributed by atoms with van der Waals surface area (Å²) in [6.45, 7) is 1.94. The molecule has 9 heteroatoms. The van der Waals surface area contributed by atoms with E-state index in [2.05, 4.69) is 9.71 Å². The normalized spacial score (nSPS) is 20.3. The van der Waals surface area contributed by atoms with Gasteiger partial charge in [-0.2, -0.15) is 0 Å².